The van der Waals surface area contributed by atoms with Crippen molar-refractivity contribution in [3.8, 4) is 0 Å². The summed E-state index contributed by atoms with van der Waals surface area (Å²) in [5.74, 6) is 1.38. The molecule has 2 aliphatic heterocycles. The molecule has 2 aromatic heterocycles. The molecule has 67 heavy (non-hydrogen) atoms. The van der Waals surface area contributed by atoms with Gasteiger partial charge in [-0.15, -0.1) is 12.1 Å². The predicted octanol–water partition coefficient (Wildman–Crippen LogP) is 9.77. The first kappa shape index (κ1) is 59.2. The summed E-state index contributed by atoms with van der Waals surface area (Å²) < 4.78 is 40.1. The molecule has 0 amide bonds. The third-order valence-electron chi connectivity index (χ3n) is 9.67. The molecule has 1 N–H and O–H groups in total. The van der Waals surface area contributed by atoms with Crippen LogP contribution in [0.25, 0.3) is 0 Å². The molecule has 0 saturated heterocycles. The van der Waals surface area contributed by atoms with Crippen LogP contribution in [-0.2, 0) is 122 Å². The van der Waals surface area contributed by atoms with E-state index in [1.165, 1.54) is 43.0 Å². The van der Waals surface area contributed by atoms with Gasteiger partial charge < -0.3 is 39.6 Å². The smallest absolute Gasteiger partial charge is 0.370 e. The molecule has 3 radical (unpaired) electrons. The standard InChI is InChI=1S/C16H16N3O2.C14H12N3O2.C7H4F3.2C7H7.3Y/c20-10-2-5-15(21)13-3-1-4-14-12(13)7-9-19(14)16-6-8-17-11-18-16;1-19-14(18)11-3-2-4-12-10(11)6-8-17(12)13-5-7-15-9-16-13;8-7(9,10)6-4-2-1-3-5-6;2*1-7-5-3-2-4-6-7;;;/h1,3-4,6,11,20H,2,5,7,9-10H2;2-5,9H,6,8H2,1H3;1-2,4-5H;2*2-3,5-6H,1H3;;;/q5*-1;;;. The van der Waals surface area contributed by atoms with Crippen LogP contribution in [0.15, 0.2) is 134 Å². The van der Waals surface area contributed by atoms with Gasteiger partial charge in [0.05, 0.1) is 12.7 Å². The minimum Gasteiger partial charge on any atom is -0.465 e. The number of hydrogen-bond acceptors (Lipinski definition) is 10. The molecule has 0 spiro atoms. The minimum absolute atomic E-state index is 0. The summed E-state index contributed by atoms with van der Waals surface area (Å²) in [4.78, 5) is 44.2. The predicted molar refractivity (Wildman–Crippen MR) is 238 cm³/mol. The van der Waals surface area contributed by atoms with Crippen molar-refractivity contribution in [3.63, 3.8) is 0 Å². The number of hydrogen-bond donors (Lipinski definition) is 1. The summed E-state index contributed by atoms with van der Waals surface area (Å²) in [5, 5.41) is 8.87. The number of aliphatic hydroxyl groups is 1. The van der Waals surface area contributed by atoms with E-state index in [1.54, 1.807) is 18.2 Å². The van der Waals surface area contributed by atoms with E-state index < -0.39 is 11.7 Å². The van der Waals surface area contributed by atoms with Crippen LogP contribution >= 0.6 is 0 Å². The number of rotatable bonds is 7. The maximum Gasteiger partial charge on any atom is 0.370 e. The Labute approximate surface area is 466 Å². The van der Waals surface area contributed by atoms with Crippen LogP contribution in [0.1, 0.15) is 61.4 Å². The van der Waals surface area contributed by atoms with Gasteiger partial charge in [0.1, 0.15) is 0 Å². The molecule has 0 aliphatic carbocycles. The third kappa shape index (κ3) is 18.5. The number of esters is 1. The average molecular weight is 1130 g/mol. The molecule has 5 aromatic carbocycles. The van der Waals surface area contributed by atoms with Gasteiger partial charge >= 0.3 is 12.1 Å². The van der Waals surface area contributed by atoms with E-state index in [-0.39, 0.29) is 116 Å². The van der Waals surface area contributed by atoms with Crippen molar-refractivity contribution in [2.75, 3.05) is 36.6 Å². The maximum atomic E-state index is 12.2. The molecule has 0 bridgehead atoms. The number of nitrogens with zero attached hydrogens (tertiary/aromatic N) is 6. The van der Waals surface area contributed by atoms with E-state index in [4.69, 9.17) is 9.84 Å². The number of aryl methyl sites for hydroxylation is 2. The molecular weight excluding hydrogens is 1080 g/mol. The van der Waals surface area contributed by atoms with Gasteiger partial charge in [-0.05, 0) is 48.6 Å². The quantitative estimate of drug-likeness (QED) is 0.0939. The van der Waals surface area contributed by atoms with E-state index in [0.717, 1.165) is 77.8 Å². The molecule has 0 unspecified atom stereocenters. The van der Waals surface area contributed by atoms with E-state index in [9.17, 15) is 22.8 Å². The second-order valence-electron chi connectivity index (χ2n) is 14.1. The Morgan fingerprint density at radius 1 is 0.672 bits per heavy atom. The Kier molecular flexibility index (Phi) is 27.6. The summed E-state index contributed by atoms with van der Waals surface area (Å²) in [6, 6.07) is 43.6. The summed E-state index contributed by atoms with van der Waals surface area (Å²) in [6.45, 7) is 5.73. The monoisotopic (exact) mass is 1130 g/mol. The van der Waals surface area contributed by atoms with E-state index >= 15 is 0 Å². The summed E-state index contributed by atoms with van der Waals surface area (Å²) in [7, 11) is 1.40. The first-order chi connectivity index (χ1) is 31.0. The van der Waals surface area contributed by atoms with Gasteiger partial charge in [-0.25, -0.2) is 4.79 Å². The maximum absolute atomic E-state index is 12.2. The van der Waals surface area contributed by atoms with Crippen molar-refractivity contribution in [3.05, 3.63) is 204 Å². The van der Waals surface area contributed by atoms with Crippen LogP contribution in [0, 0.1) is 44.4 Å². The van der Waals surface area contributed by atoms with Crippen molar-refractivity contribution in [1.82, 2.24) is 19.9 Å². The first-order valence-electron chi connectivity index (χ1n) is 20.3. The van der Waals surface area contributed by atoms with Crippen molar-refractivity contribution in [2.45, 2.75) is 45.7 Å². The largest absolute Gasteiger partial charge is 0.465 e. The number of anilines is 4. The zero-order valence-electron chi connectivity index (χ0n) is 37.4. The number of aliphatic hydroxyl groups excluding tert-OH is 1. The SMILES string of the molecule is COC(=O)c1cccc2c1CCN2c1c[c-]ncn1.Cc1c[c-]ccc1.Cc1c[c-]ccc1.FC(F)(F)c1c[c-]ccc1.O=C(CCCO)c1cccc2c1CCN2c1c[c-]ncn1.[Y].[Y].[Y]. The number of benzene rings is 5. The van der Waals surface area contributed by atoms with Gasteiger partial charge in [0.2, 0.25) is 0 Å². The fourth-order valence-corrected chi connectivity index (χ4v) is 6.62. The Bertz CT molecular complexity index is 2460. The fraction of sp³-hybridized carbons (Fsp3) is 0.216. The van der Waals surface area contributed by atoms with Crippen LogP contribution in [0.5, 0.6) is 0 Å². The van der Waals surface area contributed by atoms with Crippen LogP contribution in [0.3, 0.4) is 0 Å². The van der Waals surface area contributed by atoms with E-state index in [2.05, 4.69) is 86.3 Å². The van der Waals surface area contributed by atoms with Crippen molar-refractivity contribution >= 4 is 34.8 Å². The number of halogens is 3. The number of ether oxygens (including phenoxy) is 1. The number of Topliss-reactive ketones (excluding diaryl/α,β-unsaturated/α-hetero) is 1. The van der Waals surface area contributed by atoms with Crippen molar-refractivity contribution in [1.29, 1.82) is 0 Å². The van der Waals surface area contributed by atoms with Crippen molar-refractivity contribution in [2.24, 2.45) is 0 Å². The van der Waals surface area contributed by atoms with E-state index in [0.29, 0.717) is 18.4 Å². The van der Waals surface area contributed by atoms with Gasteiger partial charge in [0.25, 0.3) is 0 Å². The number of fused-ring (bicyclic) bond motifs is 2. The topological polar surface area (TPSA) is 122 Å². The van der Waals surface area contributed by atoms with Gasteiger partial charge in [-0.3, -0.25) is 4.79 Å². The molecule has 2 aliphatic rings. The molecule has 0 atom stereocenters. The van der Waals surface area contributed by atoms with Crippen LogP contribution in [-0.4, -0.2) is 63.6 Å². The number of carbonyl (C=O) groups is 2. The zero-order chi connectivity index (χ0) is 45.7. The molecule has 7 aromatic rings. The van der Waals surface area contributed by atoms with Crippen LogP contribution < -0.4 is 9.80 Å². The van der Waals surface area contributed by atoms with Gasteiger partial charge in [0.15, 0.2) is 5.78 Å². The number of aromatic nitrogens is 4. The Morgan fingerprint density at radius 2 is 1.15 bits per heavy atom. The molecular formula is C51H46F3N6O4Y3-5. The summed E-state index contributed by atoms with van der Waals surface area (Å²) in [5.41, 5.74) is 7.36. The normalized spacial score (nSPS) is 11.4. The number of carbonyl (C=O) groups excluding carboxylic acids is 2. The minimum atomic E-state index is -4.24. The Balaban J connectivity index is 0.000000305. The van der Waals surface area contributed by atoms with Gasteiger partial charge in [-0.1, -0.05) is 50.0 Å². The number of methoxy groups -OCH3 is 1. The molecule has 4 heterocycles. The third-order valence-corrected chi connectivity index (χ3v) is 9.67. The molecule has 16 heteroatoms. The number of alkyl halides is 3. The van der Waals surface area contributed by atoms with Crippen LogP contribution in [0.2, 0.25) is 0 Å². The Morgan fingerprint density at radius 3 is 1.51 bits per heavy atom. The zero-order valence-corrected chi connectivity index (χ0v) is 45.9. The Hall–Kier alpha value is -3.94. The first-order valence-corrected chi connectivity index (χ1v) is 20.3. The second-order valence-corrected chi connectivity index (χ2v) is 14.1. The van der Waals surface area contributed by atoms with Gasteiger partial charge in [-0.2, -0.15) is 115 Å². The van der Waals surface area contributed by atoms with Crippen LogP contribution in [0.4, 0.5) is 36.2 Å². The van der Waals surface area contributed by atoms with Crippen molar-refractivity contribution < 1.29 is 131 Å². The molecule has 9 rings (SSSR count). The average Bonchev–Trinajstić information content (AvgIpc) is 3.98. The molecule has 0 fully saturated rings. The number of ketones is 1. The van der Waals surface area contributed by atoms with Gasteiger partial charge in [0, 0.05) is 165 Å². The molecule has 10 nitrogen and oxygen atoms in total. The molecule has 339 valence electrons. The fourth-order valence-electron chi connectivity index (χ4n) is 6.62. The summed E-state index contributed by atoms with van der Waals surface area (Å²) in [6.07, 6.45) is 6.77. The molecule has 0 saturated carbocycles. The van der Waals surface area contributed by atoms with E-state index in [1.807, 2.05) is 66.7 Å². The second kappa shape index (κ2) is 31.2. The summed E-state index contributed by atoms with van der Waals surface area (Å²) >= 11 is 0.